The van der Waals surface area contributed by atoms with E-state index in [9.17, 15) is 9.90 Å². The number of carboxylic acid groups (broad SMARTS) is 2. The molecular formula is C21H26ClN3O6. The molecule has 2 aliphatic rings. The van der Waals surface area contributed by atoms with Crippen LogP contribution in [0, 0.1) is 0 Å². The number of halogens is 1. The molecule has 0 spiro atoms. The summed E-state index contributed by atoms with van der Waals surface area (Å²) in [4.78, 5) is 22.6. The number of anilines is 1. The second-order valence-corrected chi connectivity index (χ2v) is 7.94. The van der Waals surface area contributed by atoms with Gasteiger partial charge >= 0.3 is 5.97 Å². The molecule has 4 rings (SSSR count). The number of ether oxygens (including phenoxy) is 1. The number of carbonyl (C=O) groups is 2. The predicted octanol–water partition coefficient (Wildman–Crippen LogP) is 3.45. The SMILES string of the molecule is O=C(O)c1c(NC2CCN(CC3CCCO3)CC2)noc1-c1ccc(Cl)cc1.O=CO. The van der Waals surface area contributed by atoms with Crippen molar-refractivity contribution in [3.63, 3.8) is 0 Å². The van der Waals surface area contributed by atoms with Gasteiger partial charge in [0.05, 0.1) is 6.10 Å². The summed E-state index contributed by atoms with van der Waals surface area (Å²) < 4.78 is 11.1. The second kappa shape index (κ2) is 11.1. The highest BCUT2D eigenvalue weighted by molar-refractivity contribution is 6.30. The highest BCUT2D eigenvalue weighted by atomic mass is 35.5. The number of piperidine rings is 1. The van der Waals surface area contributed by atoms with Crippen LogP contribution in [0.3, 0.4) is 0 Å². The smallest absolute Gasteiger partial charge is 0.343 e. The average Bonchev–Trinajstić information content (AvgIpc) is 3.41. The highest BCUT2D eigenvalue weighted by Gasteiger charge is 2.28. The molecule has 2 aliphatic heterocycles. The lowest BCUT2D eigenvalue weighted by Gasteiger charge is -2.33. The van der Waals surface area contributed by atoms with Crippen LogP contribution in [0.25, 0.3) is 11.3 Å². The summed E-state index contributed by atoms with van der Waals surface area (Å²) in [5.41, 5.74) is 0.692. The van der Waals surface area contributed by atoms with Crippen molar-refractivity contribution in [1.82, 2.24) is 10.1 Å². The van der Waals surface area contributed by atoms with Gasteiger partial charge in [0, 0.05) is 42.9 Å². The maximum atomic E-state index is 11.8. The van der Waals surface area contributed by atoms with Crippen LogP contribution in [0.4, 0.5) is 5.82 Å². The average molecular weight is 452 g/mol. The lowest BCUT2D eigenvalue weighted by molar-refractivity contribution is -0.122. The fourth-order valence-corrected chi connectivity index (χ4v) is 4.04. The van der Waals surface area contributed by atoms with Crippen LogP contribution in [-0.2, 0) is 9.53 Å². The van der Waals surface area contributed by atoms with E-state index >= 15 is 0 Å². The molecule has 9 nitrogen and oxygen atoms in total. The van der Waals surface area contributed by atoms with E-state index in [0.717, 1.165) is 51.9 Å². The molecule has 3 heterocycles. The molecule has 1 unspecified atom stereocenters. The zero-order valence-electron chi connectivity index (χ0n) is 17.0. The number of benzene rings is 1. The molecule has 31 heavy (non-hydrogen) atoms. The van der Waals surface area contributed by atoms with E-state index in [1.807, 2.05) is 0 Å². The minimum Gasteiger partial charge on any atom is -0.483 e. The van der Waals surface area contributed by atoms with E-state index in [0.29, 0.717) is 16.7 Å². The third-order valence-corrected chi connectivity index (χ3v) is 5.68. The third kappa shape index (κ3) is 6.19. The Morgan fingerprint density at radius 1 is 1.26 bits per heavy atom. The largest absolute Gasteiger partial charge is 0.483 e. The van der Waals surface area contributed by atoms with Gasteiger partial charge in [0.2, 0.25) is 0 Å². The van der Waals surface area contributed by atoms with Crippen LogP contribution >= 0.6 is 11.6 Å². The Labute approximate surface area is 184 Å². The van der Waals surface area contributed by atoms with E-state index < -0.39 is 5.97 Å². The van der Waals surface area contributed by atoms with Gasteiger partial charge in [0.1, 0.15) is 0 Å². The van der Waals surface area contributed by atoms with Crippen LogP contribution in [0.1, 0.15) is 36.0 Å². The van der Waals surface area contributed by atoms with Gasteiger partial charge in [-0.15, -0.1) is 0 Å². The fourth-order valence-electron chi connectivity index (χ4n) is 3.91. The Bertz CT molecular complexity index is 859. The topological polar surface area (TPSA) is 125 Å². The second-order valence-electron chi connectivity index (χ2n) is 7.51. The number of rotatable bonds is 6. The zero-order chi connectivity index (χ0) is 22.2. The van der Waals surface area contributed by atoms with Crippen molar-refractivity contribution in [2.24, 2.45) is 0 Å². The molecule has 1 aromatic heterocycles. The molecule has 0 amide bonds. The van der Waals surface area contributed by atoms with Gasteiger partial charge in [0.15, 0.2) is 17.1 Å². The molecule has 1 atom stereocenters. The van der Waals surface area contributed by atoms with Gasteiger partial charge in [0.25, 0.3) is 6.47 Å². The van der Waals surface area contributed by atoms with Crippen molar-refractivity contribution in [3.05, 3.63) is 34.9 Å². The van der Waals surface area contributed by atoms with Crippen LogP contribution in [0.2, 0.25) is 5.02 Å². The predicted molar refractivity (Wildman–Crippen MR) is 115 cm³/mol. The number of carboxylic acids is 1. The summed E-state index contributed by atoms with van der Waals surface area (Å²) in [6.07, 6.45) is 4.51. The number of nitrogens with one attached hydrogen (secondary N) is 1. The van der Waals surface area contributed by atoms with Crippen molar-refractivity contribution < 1.29 is 29.1 Å². The lowest BCUT2D eigenvalue weighted by Crippen LogP contribution is -2.42. The summed E-state index contributed by atoms with van der Waals surface area (Å²) in [5, 5.41) is 24.4. The van der Waals surface area contributed by atoms with Crippen LogP contribution in [-0.4, -0.2) is 71.1 Å². The van der Waals surface area contributed by atoms with E-state index in [1.54, 1.807) is 24.3 Å². The van der Waals surface area contributed by atoms with Crippen molar-refractivity contribution in [2.75, 3.05) is 31.6 Å². The highest BCUT2D eigenvalue weighted by Crippen LogP contribution is 2.31. The normalized spacial score (nSPS) is 19.5. The minimum atomic E-state index is -1.07. The molecule has 2 saturated heterocycles. The van der Waals surface area contributed by atoms with Crippen molar-refractivity contribution in [3.8, 4) is 11.3 Å². The zero-order valence-corrected chi connectivity index (χ0v) is 17.8. The van der Waals surface area contributed by atoms with Gasteiger partial charge < -0.3 is 29.7 Å². The maximum Gasteiger partial charge on any atom is 0.343 e. The van der Waals surface area contributed by atoms with E-state index in [1.165, 1.54) is 0 Å². The van der Waals surface area contributed by atoms with E-state index in [2.05, 4.69) is 15.4 Å². The molecule has 168 valence electrons. The molecule has 3 N–H and O–H groups in total. The maximum absolute atomic E-state index is 11.8. The number of hydrogen-bond donors (Lipinski definition) is 3. The lowest BCUT2D eigenvalue weighted by atomic mass is 10.0. The fraction of sp³-hybridized carbons (Fsp3) is 0.476. The number of likely N-dealkylation sites (tertiary alicyclic amines) is 1. The van der Waals surface area contributed by atoms with Crippen LogP contribution in [0.5, 0.6) is 0 Å². The standard InChI is InChI=1S/C20H24ClN3O4.CH2O2/c21-14-5-3-13(4-6-14)18-17(20(25)26)19(23-28-18)22-15-7-9-24(10-8-15)12-16-2-1-11-27-16;2-1-3/h3-6,15-16H,1-2,7-12H2,(H,22,23)(H,25,26);1H,(H,2,3). The summed E-state index contributed by atoms with van der Waals surface area (Å²) in [6.45, 7) is 3.53. The first kappa shape index (κ1) is 23.1. The monoisotopic (exact) mass is 451 g/mol. The Kier molecular flexibility index (Phi) is 8.27. The van der Waals surface area contributed by atoms with Gasteiger partial charge in [-0.3, -0.25) is 4.79 Å². The number of hydrogen-bond acceptors (Lipinski definition) is 7. The Morgan fingerprint density at radius 3 is 2.52 bits per heavy atom. The van der Waals surface area contributed by atoms with Gasteiger partial charge in [-0.05, 0) is 49.9 Å². The van der Waals surface area contributed by atoms with Crippen molar-refractivity contribution >= 4 is 29.9 Å². The van der Waals surface area contributed by atoms with Gasteiger partial charge in [-0.1, -0.05) is 16.8 Å². The number of nitrogens with zero attached hydrogens (tertiary/aromatic N) is 2. The van der Waals surface area contributed by atoms with Crippen LogP contribution in [0.15, 0.2) is 28.8 Å². The molecular weight excluding hydrogens is 426 g/mol. The third-order valence-electron chi connectivity index (χ3n) is 5.43. The molecule has 0 radical (unpaired) electrons. The molecule has 0 bridgehead atoms. The van der Waals surface area contributed by atoms with E-state index in [-0.39, 0.29) is 29.7 Å². The first-order valence-electron chi connectivity index (χ1n) is 10.2. The van der Waals surface area contributed by atoms with Crippen molar-refractivity contribution in [1.29, 1.82) is 0 Å². The minimum absolute atomic E-state index is 0.0594. The number of aromatic carboxylic acids is 1. The summed E-state index contributed by atoms with van der Waals surface area (Å²) in [5.74, 6) is -0.540. The first-order valence-corrected chi connectivity index (χ1v) is 10.6. The molecule has 10 heteroatoms. The Hall–Kier alpha value is -2.62. The summed E-state index contributed by atoms with van der Waals surface area (Å²) >= 11 is 5.91. The molecule has 1 aromatic carbocycles. The van der Waals surface area contributed by atoms with Crippen molar-refractivity contribution in [2.45, 2.75) is 37.8 Å². The molecule has 2 fully saturated rings. The Morgan fingerprint density at radius 2 is 1.94 bits per heavy atom. The molecule has 0 saturated carbocycles. The summed E-state index contributed by atoms with van der Waals surface area (Å²) in [6, 6.07) is 7.01. The summed E-state index contributed by atoms with van der Waals surface area (Å²) in [7, 11) is 0. The Balaban J connectivity index is 0.000000858. The number of aromatic nitrogens is 1. The van der Waals surface area contributed by atoms with E-state index in [4.69, 9.17) is 30.8 Å². The molecule has 2 aromatic rings. The molecule has 0 aliphatic carbocycles. The van der Waals surface area contributed by atoms with Gasteiger partial charge in [-0.25, -0.2) is 4.79 Å². The van der Waals surface area contributed by atoms with Gasteiger partial charge in [-0.2, -0.15) is 0 Å². The first-order chi connectivity index (χ1) is 15.0. The quantitative estimate of drug-likeness (QED) is 0.566. The van der Waals surface area contributed by atoms with Crippen LogP contribution < -0.4 is 5.32 Å².